The number of halogens is 1. The minimum absolute atomic E-state index is 0.00310. The van der Waals surface area contributed by atoms with Gasteiger partial charge in [-0.05, 0) is 38.1 Å². The van der Waals surface area contributed by atoms with Crippen molar-refractivity contribution in [2.24, 2.45) is 0 Å². The molecule has 2 aromatic rings. The molecule has 0 bridgehead atoms. The molecular weight excluding hydrogens is 252 g/mol. The number of benzene rings is 1. The van der Waals surface area contributed by atoms with Crippen LogP contribution >= 0.6 is 11.6 Å². The number of hydrogen-bond acceptors (Lipinski definition) is 2. The molecule has 0 spiro atoms. The summed E-state index contributed by atoms with van der Waals surface area (Å²) in [4.78, 5) is 24.0. The lowest BCUT2D eigenvalue weighted by atomic mass is 10.3. The van der Waals surface area contributed by atoms with Crippen molar-refractivity contribution in [2.75, 3.05) is 0 Å². The number of aromatic nitrogens is 2. The minimum atomic E-state index is -0.348. The normalized spacial score (nSPS) is 10.9. The maximum atomic E-state index is 12.2. The van der Waals surface area contributed by atoms with Crippen molar-refractivity contribution in [1.82, 2.24) is 9.13 Å². The summed E-state index contributed by atoms with van der Waals surface area (Å²) in [5.41, 5.74) is -0.177. The van der Waals surface area contributed by atoms with Crippen LogP contribution in [0.4, 0.5) is 0 Å². The van der Waals surface area contributed by atoms with Gasteiger partial charge in [0, 0.05) is 23.3 Å². The lowest BCUT2D eigenvalue weighted by Crippen LogP contribution is -2.38. The van der Waals surface area contributed by atoms with E-state index in [0.717, 1.165) is 4.57 Å². The topological polar surface area (TPSA) is 44.0 Å². The largest absolute Gasteiger partial charge is 0.335 e. The average Bonchev–Trinajstić information content (AvgIpc) is 2.31. The number of nitrogens with zero attached hydrogens (tertiary/aromatic N) is 2. The van der Waals surface area contributed by atoms with Crippen LogP contribution in [0.3, 0.4) is 0 Å². The van der Waals surface area contributed by atoms with Gasteiger partial charge in [-0.3, -0.25) is 9.36 Å². The first-order chi connectivity index (χ1) is 8.50. The Morgan fingerprint density at radius 1 is 1.06 bits per heavy atom. The number of rotatable bonds is 2. The van der Waals surface area contributed by atoms with Gasteiger partial charge in [-0.25, -0.2) is 9.36 Å². The molecule has 0 aliphatic carbocycles. The second-order valence-electron chi connectivity index (χ2n) is 4.25. The van der Waals surface area contributed by atoms with Crippen molar-refractivity contribution in [3.63, 3.8) is 0 Å². The fraction of sp³-hybridized carbons (Fsp3) is 0.231. The fourth-order valence-corrected chi connectivity index (χ4v) is 1.84. The molecule has 0 saturated heterocycles. The Kier molecular flexibility index (Phi) is 3.39. The van der Waals surface area contributed by atoms with Crippen LogP contribution in [-0.4, -0.2) is 9.13 Å². The van der Waals surface area contributed by atoms with Crippen molar-refractivity contribution in [2.45, 2.75) is 19.9 Å². The summed E-state index contributed by atoms with van der Waals surface area (Å²) < 4.78 is 2.65. The molecule has 0 radical (unpaired) electrons. The molecule has 4 nitrogen and oxygen atoms in total. The van der Waals surface area contributed by atoms with E-state index in [1.54, 1.807) is 24.3 Å². The highest BCUT2D eigenvalue weighted by Crippen LogP contribution is 2.11. The molecule has 0 amide bonds. The summed E-state index contributed by atoms with van der Waals surface area (Å²) in [7, 11) is 0. The lowest BCUT2D eigenvalue weighted by molar-refractivity contribution is 0.546. The van der Waals surface area contributed by atoms with Gasteiger partial charge in [0.05, 0.1) is 5.69 Å². The van der Waals surface area contributed by atoms with E-state index in [2.05, 4.69) is 0 Å². The van der Waals surface area contributed by atoms with Crippen LogP contribution in [0.25, 0.3) is 5.69 Å². The van der Waals surface area contributed by atoms with Gasteiger partial charge in [0.1, 0.15) is 0 Å². The van der Waals surface area contributed by atoms with Crippen molar-refractivity contribution in [1.29, 1.82) is 0 Å². The molecule has 0 saturated carbocycles. The third-order valence-corrected chi connectivity index (χ3v) is 2.90. The zero-order valence-electron chi connectivity index (χ0n) is 10.1. The fourth-order valence-electron chi connectivity index (χ4n) is 1.71. The molecule has 18 heavy (non-hydrogen) atoms. The van der Waals surface area contributed by atoms with Crippen LogP contribution in [0.1, 0.15) is 19.9 Å². The predicted molar refractivity (Wildman–Crippen MR) is 71.7 cm³/mol. The molecule has 0 unspecified atom stereocenters. The Morgan fingerprint density at radius 2 is 1.67 bits per heavy atom. The SMILES string of the molecule is CC(C)n1ccc(=O)n(-c2ccc(Cl)cc2)c1=O. The second kappa shape index (κ2) is 4.82. The van der Waals surface area contributed by atoms with Crippen LogP contribution in [0.2, 0.25) is 5.02 Å². The first-order valence-electron chi connectivity index (χ1n) is 5.61. The third-order valence-electron chi connectivity index (χ3n) is 2.65. The van der Waals surface area contributed by atoms with E-state index in [1.165, 1.54) is 16.8 Å². The molecule has 0 aliphatic rings. The highest BCUT2D eigenvalue weighted by molar-refractivity contribution is 6.30. The Morgan fingerprint density at radius 3 is 2.22 bits per heavy atom. The maximum absolute atomic E-state index is 12.2. The molecule has 0 atom stereocenters. The third kappa shape index (κ3) is 2.24. The zero-order valence-corrected chi connectivity index (χ0v) is 10.9. The average molecular weight is 265 g/mol. The lowest BCUT2D eigenvalue weighted by Gasteiger charge is -2.12. The Hall–Kier alpha value is -1.81. The second-order valence-corrected chi connectivity index (χ2v) is 4.69. The maximum Gasteiger partial charge on any atom is 0.335 e. The van der Waals surface area contributed by atoms with Gasteiger partial charge < -0.3 is 0 Å². The van der Waals surface area contributed by atoms with Gasteiger partial charge in [0.25, 0.3) is 5.56 Å². The first kappa shape index (κ1) is 12.6. The van der Waals surface area contributed by atoms with Crippen molar-refractivity contribution in [3.8, 4) is 5.69 Å². The van der Waals surface area contributed by atoms with Gasteiger partial charge in [-0.2, -0.15) is 0 Å². The van der Waals surface area contributed by atoms with E-state index in [0.29, 0.717) is 10.7 Å². The highest BCUT2D eigenvalue weighted by atomic mass is 35.5. The number of hydrogen-bond donors (Lipinski definition) is 0. The highest BCUT2D eigenvalue weighted by Gasteiger charge is 2.09. The Balaban J connectivity index is 2.71. The summed E-state index contributed by atoms with van der Waals surface area (Å²) in [6, 6.07) is 7.98. The standard InChI is InChI=1S/C13H13ClN2O2/c1-9(2)15-8-7-12(17)16(13(15)18)11-5-3-10(14)4-6-11/h3-9H,1-2H3. The summed E-state index contributed by atoms with van der Waals surface area (Å²) in [5.74, 6) is 0. The Bertz CT molecular complexity index is 669. The molecular formula is C13H13ClN2O2. The van der Waals surface area contributed by atoms with E-state index < -0.39 is 0 Å². The van der Waals surface area contributed by atoms with Gasteiger partial charge in [-0.15, -0.1) is 0 Å². The minimum Gasteiger partial charge on any atom is -0.298 e. The van der Waals surface area contributed by atoms with Gasteiger partial charge >= 0.3 is 5.69 Å². The molecule has 5 heteroatoms. The van der Waals surface area contributed by atoms with E-state index >= 15 is 0 Å². The molecule has 1 heterocycles. The summed E-state index contributed by atoms with van der Waals surface area (Å²) >= 11 is 5.79. The molecule has 1 aromatic carbocycles. The van der Waals surface area contributed by atoms with Crippen LogP contribution in [0, 0.1) is 0 Å². The molecule has 0 aliphatic heterocycles. The predicted octanol–water partition coefficient (Wildman–Crippen LogP) is 2.23. The van der Waals surface area contributed by atoms with Crippen LogP contribution in [0.15, 0.2) is 46.1 Å². The molecule has 0 N–H and O–H groups in total. The van der Waals surface area contributed by atoms with Gasteiger partial charge in [0.2, 0.25) is 0 Å². The van der Waals surface area contributed by atoms with Crippen molar-refractivity contribution in [3.05, 3.63) is 62.4 Å². The van der Waals surface area contributed by atoms with Gasteiger partial charge in [0.15, 0.2) is 0 Å². The quantitative estimate of drug-likeness (QED) is 0.835. The van der Waals surface area contributed by atoms with Crippen molar-refractivity contribution >= 4 is 11.6 Å². The Labute approximate surface area is 109 Å². The smallest absolute Gasteiger partial charge is 0.298 e. The van der Waals surface area contributed by atoms with E-state index in [-0.39, 0.29) is 17.3 Å². The van der Waals surface area contributed by atoms with Gasteiger partial charge in [-0.1, -0.05) is 11.6 Å². The molecule has 1 aromatic heterocycles. The summed E-state index contributed by atoms with van der Waals surface area (Å²) in [5, 5.41) is 0.562. The van der Waals surface area contributed by atoms with E-state index in [9.17, 15) is 9.59 Å². The molecule has 2 rings (SSSR count). The summed E-state index contributed by atoms with van der Waals surface area (Å²) in [6.07, 6.45) is 1.52. The monoisotopic (exact) mass is 264 g/mol. The van der Waals surface area contributed by atoms with Crippen molar-refractivity contribution < 1.29 is 0 Å². The van der Waals surface area contributed by atoms with Crippen LogP contribution in [0.5, 0.6) is 0 Å². The first-order valence-corrected chi connectivity index (χ1v) is 5.98. The zero-order chi connectivity index (χ0) is 13.3. The molecule has 94 valence electrons. The summed E-state index contributed by atoms with van der Waals surface area (Å²) in [6.45, 7) is 3.77. The molecule has 0 fully saturated rings. The van der Waals surface area contributed by atoms with E-state index in [4.69, 9.17) is 11.6 Å². The van der Waals surface area contributed by atoms with E-state index in [1.807, 2.05) is 13.8 Å². The van der Waals surface area contributed by atoms with Crippen LogP contribution in [-0.2, 0) is 0 Å². The van der Waals surface area contributed by atoms with Crippen LogP contribution < -0.4 is 11.2 Å².